The number of alkyl halides is 3. The van der Waals surface area contributed by atoms with Gasteiger partial charge in [0.15, 0.2) is 5.82 Å². The van der Waals surface area contributed by atoms with Crippen molar-refractivity contribution in [2.75, 3.05) is 32.8 Å². The van der Waals surface area contributed by atoms with Crippen molar-refractivity contribution in [2.24, 2.45) is 0 Å². The van der Waals surface area contributed by atoms with Crippen molar-refractivity contribution in [1.82, 2.24) is 24.6 Å². The lowest BCUT2D eigenvalue weighted by molar-refractivity contribution is -0.142. The van der Waals surface area contributed by atoms with E-state index >= 15 is 0 Å². The third kappa shape index (κ3) is 4.73. The van der Waals surface area contributed by atoms with Gasteiger partial charge in [-0.2, -0.15) is 18.3 Å². The van der Waals surface area contributed by atoms with Crippen LogP contribution in [0.5, 0.6) is 0 Å². The molecule has 2 fully saturated rings. The number of amides is 2. The summed E-state index contributed by atoms with van der Waals surface area (Å²) in [6.45, 7) is 5.99. The highest BCUT2D eigenvalue weighted by Gasteiger charge is 2.34. The minimum absolute atomic E-state index is 0.0244. The quantitative estimate of drug-likeness (QED) is 0.694. The molecule has 11 heteroatoms. The molecule has 2 amide bonds. The molecule has 8 nitrogen and oxygen atoms in total. The van der Waals surface area contributed by atoms with Crippen LogP contribution in [-0.4, -0.2) is 75.3 Å². The molecule has 178 valence electrons. The molecule has 0 spiro atoms. The lowest BCUT2D eigenvalue weighted by Gasteiger charge is -2.35. The van der Waals surface area contributed by atoms with E-state index in [9.17, 15) is 22.8 Å². The van der Waals surface area contributed by atoms with E-state index in [4.69, 9.17) is 4.74 Å². The normalized spacial score (nSPS) is 19.4. The van der Waals surface area contributed by atoms with Gasteiger partial charge in [-0.1, -0.05) is 13.8 Å². The van der Waals surface area contributed by atoms with Crippen molar-refractivity contribution in [3.05, 3.63) is 41.3 Å². The number of halogens is 3. The molecule has 1 atom stereocenters. The predicted octanol–water partition coefficient (Wildman–Crippen LogP) is 2.87. The summed E-state index contributed by atoms with van der Waals surface area (Å²) in [4.78, 5) is 33.1. The molecular weight excluding hydrogens is 439 g/mol. The first kappa shape index (κ1) is 23.2. The largest absolute Gasteiger partial charge is 0.417 e. The van der Waals surface area contributed by atoms with E-state index in [0.29, 0.717) is 44.0 Å². The first-order valence-electron chi connectivity index (χ1n) is 11.0. The number of carbonyl (C=O) groups is 2. The van der Waals surface area contributed by atoms with Crippen LogP contribution < -0.4 is 0 Å². The highest BCUT2D eigenvalue weighted by atomic mass is 19.4. The number of pyridine rings is 1. The van der Waals surface area contributed by atoms with Crippen molar-refractivity contribution in [1.29, 1.82) is 0 Å². The molecule has 2 aliphatic rings. The van der Waals surface area contributed by atoms with Crippen LogP contribution >= 0.6 is 0 Å². The van der Waals surface area contributed by atoms with Gasteiger partial charge >= 0.3 is 6.18 Å². The van der Waals surface area contributed by atoms with Gasteiger partial charge in [0, 0.05) is 39.0 Å². The van der Waals surface area contributed by atoms with E-state index in [2.05, 4.69) is 10.1 Å². The lowest BCUT2D eigenvalue weighted by atomic mass is 10.0. The average molecular weight is 465 g/mol. The van der Waals surface area contributed by atoms with Gasteiger partial charge in [0.1, 0.15) is 6.10 Å². The van der Waals surface area contributed by atoms with Crippen molar-refractivity contribution in [2.45, 2.75) is 44.9 Å². The van der Waals surface area contributed by atoms with Gasteiger partial charge in [-0.05, 0) is 30.9 Å². The fourth-order valence-corrected chi connectivity index (χ4v) is 4.22. The molecule has 0 bridgehead atoms. The Hall–Kier alpha value is -2.95. The van der Waals surface area contributed by atoms with Crippen LogP contribution in [0.3, 0.4) is 0 Å². The number of rotatable bonds is 4. The Balaban J connectivity index is 1.49. The van der Waals surface area contributed by atoms with E-state index in [1.54, 1.807) is 9.80 Å². The zero-order chi connectivity index (χ0) is 23.8. The summed E-state index contributed by atoms with van der Waals surface area (Å²) in [5.41, 5.74) is 0.104. The molecular formula is C22H26F3N5O3. The van der Waals surface area contributed by atoms with E-state index in [1.807, 2.05) is 13.8 Å². The maximum absolute atomic E-state index is 13.3. The van der Waals surface area contributed by atoms with Crippen molar-refractivity contribution < 1.29 is 27.5 Å². The second-order valence-electron chi connectivity index (χ2n) is 8.53. The van der Waals surface area contributed by atoms with Gasteiger partial charge in [-0.3, -0.25) is 9.59 Å². The van der Waals surface area contributed by atoms with Crippen molar-refractivity contribution >= 4 is 11.8 Å². The second-order valence-corrected chi connectivity index (χ2v) is 8.53. The molecule has 0 saturated carbocycles. The minimum Gasteiger partial charge on any atom is -0.368 e. The Bertz CT molecular complexity index is 1010. The van der Waals surface area contributed by atoms with Crippen LogP contribution in [0.1, 0.15) is 54.2 Å². The fourth-order valence-electron chi connectivity index (χ4n) is 4.22. The molecule has 33 heavy (non-hydrogen) atoms. The van der Waals surface area contributed by atoms with Crippen molar-refractivity contribution in [3.63, 3.8) is 0 Å². The van der Waals surface area contributed by atoms with E-state index in [1.165, 1.54) is 16.9 Å². The molecule has 2 aliphatic heterocycles. The molecule has 0 aliphatic carbocycles. The first-order chi connectivity index (χ1) is 15.7. The summed E-state index contributed by atoms with van der Waals surface area (Å²) < 4.78 is 45.5. The van der Waals surface area contributed by atoms with Gasteiger partial charge in [0.2, 0.25) is 0 Å². The Morgan fingerprint density at radius 2 is 1.79 bits per heavy atom. The summed E-state index contributed by atoms with van der Waals surface area (Å²) in [6, 6.07) is 2.19. The average Bonchev–Trinajstić information content (AvgIpc) is 3.48. The maximum Gasteiger partial charge on any atom is 0.417 e. The molecule has 1 unspecified atom stereocenters. The topological polar surface area (TPSA) is 80.6 Å². The number of nitrogens with zero attached hydrogens (tertiary/aromatic N) is 5. The molecule has 2 saturated heterocycles. The molecule has 4 rings (SSSR count). The van der Waals surface area contributed by atoms with Gasteiger partial charge in [0.25, 0.3) is 11.8 Å². The number of carbonyl (C=O) groups excluding carboxylic acids is 2. The number of piperazine rings is 1. The monoisotopic (exact) mass is 465 g/mol. The highest BCUT2D eigenvalue weighted by molar-refractivity contribution is 5.95. The summed E-state index contributed by atoms with van der Waals surface area (Å²) in [5, 5.41) is 4.26. The summed E-state index contributed by atoms with van der Waals surface area (Å²) >= 11 is 0. The van der Waals surface area contributed by atoms with Crippen LogP contribution in [0, 0.1) is 0 Å². The Morgan fingerprint density at radius 3 is 2.33 bits per heavy atom. The van der Waals surface area contributed by atoms with E-state index in [0.717, 1.165) is 25.1 Å². The smallest absolute Gasteiger partial charge is 0.368 e. The summed E-state index contributed by atoms with van der Waals surface area (Å²) in [7, 11) is 0. The maximum atomic E-state index is 13.3. The standard InChI is InChI=1S/C22H26F3N5O3/c1-14(2)19-16(13-27-30(19)18-6-5-15(12-26-18)22(23,24)25)20(31)28-7-9-29(10-8-28)21(32)17-4-3-11-33-17/h5-6,12-14,17H,3-4,7-11H2,1-2H3. The third-order valence-corrected chi connectivity index (χ3v) is 5.96. The Morgan fingerprint density at radius 1 is 1.09 bits per heavy atom. The lowest BCUT2D eigenvalue weighted by Crippen LogP contribution is -2.52. The fraction of sp³-hybridized carbons (Fsp3) is 0.545. The van der Waals surface area contributed by atoms with Gasteiger partial charge in [0.05, 0.1) is 23.0 Å². The zero-order valence-electron chi connectivity index (χ0n) is 18.5. The van der Waals surface area contributed by atoms with Crippen LogP contribution in [-0.2, 0) is 15.7 Å². The highest BCUT2D eigenvalue weighted by Crippen LogP contribution is 2.30. The first-order valence-corrected chi connectivity index (χ1v) is 11.0. The number of hydrogen-bond acceptors (Lipinski definition) is 5. The third-order valence-electron chi connectivity index (χ3n) is 5.96. The zero-order valence-corrected chi connectivity index (χ0v) is 18.5. The van der Waals surface area contributed by atoms with Crippen LogP contribution in [0.2, 0.25) is 0 Å². The number of ether oxygens (including phenoxy) is 1. The summed E-state index contributed by atoms with van der Waals surface area (Å²) in [5.74, 6) is -0.166. The molecule has 2 aromatic rings. The van der Waals surface area contributed by atoms with E-state index < -0.39 is 11.7 Å². The predicted molar refractivity (Wildman–Crippen MR) is 112 cm³/mol. The molecule has 4 heterocycles. The number of hydrogen-bond donors (Lipinski definition) is 0. The molecule has 2 aromatic heterocycles. The van der Waals surface area contributed by atoms with Crippen LogP contribution in [0.4, 0.5) is 13.2 Å². The van der Waals surface area contributed by atoms with Gasteiger partial charge in [-0.25, -0.2) is 9.67 Å². The molecule has 0 aromatic carbocycles. The molecule has 0 N–H and O–H groups in total. The Labute approximate surface area is 189 Å². The second kappa shape index (κ2) is 9.12. The SMILES string of the molecule is CC(C)c1c(C(=O)N2CCN(C(=O)C3CCCO3)CC2)cnn1-c1ccc(C(F)(F)F)cn1. The van der Waals surface area contributed by atoms with Gasteiger partial charge < -0.3 is 14.5 Å². The molecule has 0 radical (unpaired) electrons. The van der Waals surface area contributed by atoms with Gasteiger partial charge in [-0.15, -0.1) is 0 Å². The minimum atomic E-state index is -4.48. The number of aromatic nitrogens is 3. The van der Waals surface area contributed by atoms with Crippen molar-refractivity contribution in [3.8, 4) is 5.82 Å². The van der Waals surface area contributed by atoms with Crippen LogP contribution in [0.25, 0.3) is 5.82 Å². The van der Waals surface area contributed by atoms with Crippen LogP contribution in [0.15, 0.2) is 24.5 Å². The van der Waals surface area contributed by atoms with E-state index in [-0.39, 0.29) is 29.7 Å². The summed E-state index contributed by atoms with van der Waals surface area (Å²) in [6.07, 6.45) is -1.06. The Kier molecular flexibility index (Phi) is 6.42.